The number of nitro groups is 1. The summed E-state index contributed by atoms with van der Waals surface area (Å²) in [5, 5.41) is 45.1. The molecular weight excluding hydrogens is 480 g/mol. The van der Waals surface area contributed by atoms with E-state index in [-0.39, 0.29) is 34.8 Å². The van der Waals surface area contributed by atoms with E-state index in [1.165, 1.54) is 56.3 Å². The summed E-state index contributed by atoms with van der Waals surface area (Å²) in [6.07, 6.45) is 0.391. The summed E-state index contributed by atoms with van der Waals surface area (Å²) in [6.45, 7) is 2.26. The Morgan fingerprint density at radius 1 is 1.26 bits per heavy atom. The number of hydroxylamine groups is 3. The number of hydrogen-bond donors (Lipinski definition) is 4. The van der Waals surface area contributed by atoms with Crippen LogP contribution in [0.1, 0.15) is 31.4 Å². The van der Waals surface area contributed by atoms with Crippen molar-refractivity contribution < 1.29 is 34.6 Å². The lowest BCUT2D eigenvalue weighted by atomic mass is 9.99. The van der Waals surface area contributed by atoms with Gasteiger partial charge < -0.3 is 15.5 Å². The van der Waals surface area contributed by atoms with Gasteiger partial charge in [-0.15, -0.1) is 0 Å². The number of carbonyl (C=O) groups excluding carboxylic acids is 2. The number of phenols is 1. The molecule has 35 heavy (non-hydrogen) atoms. The summed E-state index contributed by atoms with van der Waals surface area (Å²) < 4.78 is -1.39. The molecular formula is C23H24ClN4O7+. The highest BCUT2D eigenvalue weighted by atomic mass is 35.5. The van der Waals surface area contributed by atoms with Crippen LogP contribution in [0.3, 0.4) is 0 Å². The largest absolute Gasteiger partial charge is 0.508 e. The molecule has 1 aliphatic heterocycles. The molecule has 0 aromatic heterocycles. The maximum absolute atomic E-state index is 13.3. The van der Waals surface area contributed by atoms with Gasteiger partial charge in [-0.3, -0.25) is 14.9 Å². The Labute approximate surface area is 205 Å². The molecule has 0 aliphatic carbocycles. The van der Waals surface area contributed by atoms with Crippen molar-refractivity contribution in [2.75, 3.05) is 6.54 Å². The lowest BCUT2D eigenvalue weighted by Crippen LogP contribution is -2.57. The van der Waals surface area contributed by atoms with Gasteiger partial charge >= 0.3 is 5.91 Å². The summed E-state index contributed by atoms with van der Waals surface area (Å²) in [6, 6.07) is 9.70. The Bertz CT molecular complexity index is 1250. The van der Waals surface area contributed by atoms with E-state index in [0.717, 1.165) is 6.34 Å². The van der Waals surface area contributed by atoms with Gasteiger partial charge in [0.25, 0.3) is 5.69 Å². The third-order valence-corrected chi connectivity index (χ3v) is 5.32. The van der Waals surface area contributed by atoms with Gasteiger partial charge in [0.1, 0.15) is 11.4 Å². The lowest BCUT2D eigenvalue weighted by molar-refractivity contribution is -0.963. The smallest absolute Gasteiger partial charge is 0.382 e. The number of aliphatic imine (C=N–C) groups is 1. The van der Waals surface area contributed by atoms with Gasteiger partial charge in [-0.1, -0.05) is 28.4 Å². The number of aliphatic hydroxyl groups is 1. The van der Waals surface area contributed by atoms with E-state index in [4.69, 9.17) is 11.6 Å². The van der Waals surface area contributed by atoms with Gasteiger partial charge in [0.05, 0.1) is 22.6 Å². The minimum Gasteiger partial charge on any atom is -0.508 e. The average molecular weight is 504 g/mol. The van der Waals surface area contributed by atoms with E-state index < -0.39 is 40.0 Å². The molecule has 0 radical (unpaired) electrons. The van der Waals surface area contributed by atoms with E-state index in [0.29, 0.717) is 10.6 Å². The number of rotatable bonds is 8. The molecule has 0 bridgehead atoms. The fourth-order valence-electron chi connectivity index (χ4n) is 3.61. The number of amides is 2. The fraction of sp³-hybridized carbons (Fsp3) is 0.261. The molecule has 11 nitrogen and oxygen atoms in total. The van der Waals surface area contributed by atoms with Crippen molar-refractivity contribution in [3.05, 3.63) is 74.3 Å². The van der Waals surface area contributed by atoms with Crippen LogP contribution in [-0.2, 0) is 16.1 Å². The summed E-state index contributed by atoms with van der Waals surface area (Å²) in [7, 11) is 0. The average Bonchev–Trinajstić information content (AvgIpc) is 2.76. The first-order chi connectivity index (χ1) is 16.3. The van der Waals surface area contributed by atoms with Crippen molar-refractivity contribution in [2.24, 2.45) is 4.99 Å². The van der Waals surface area contributed by atoms with Gasteiger partial charge in [-0.2, -0.15) is 4.99 Å². The van der Waals surface area contributed by atoms with Crippen LogP contribution in [0, 0.1) is 10.1 Å². The zero-order valence-electron chi connectivity index (χ0n) is 18.9. The Morgan fingerprint density at radius 3 is 2.63 bits per heavy atom. The first-order valence-corrected chi connectivity index (χ1v) is 10.8. The first kappa shape index (κ1) is 26.0. The van der Waals surface area contributed by atoms with Crippen LogP contribution in [-0.4, -0.2) is 55.3 Å². The zero-order chi connectivity index (χ0) is 26.0. The van der Waals surface area contributed by atoms with Crippen molar-refractivity contribution in [3.8, 4) is 5.75 Å². The Hall–Kier alpha value is -3.64. The topological polar surface area (TPSA) is 162 Å². The minimum absolute atomic E-state index is 0.0157. The van der Waals surface area contributed by atoms with Crippen molar-refractivity contribution in [2.45, 2.75) is 32.4 Å². The summed E-state index contributed by atoms with van der Waals surface area (Å²) in [5.74, 6) is -1.63. The van der Waals surface area contributed by atoms with Gasteiger partial charge in [-0.05, 0) is 32.0 Å². The molecule has 0 saturated heterocycles. The molecule has 2 aromatic rings. The quantitative estimate of drug-likeness (QED) is 0.186. The van der Waals surface area contributed by atoms with Gasteiger partial charge in [-0.25, -0.2) is 10.0 Å². The second-order valence-electron chi connectivity index (χ2n) is 8.71. The SMILES string of the molecule is CC(C)(O)C[N+]1(O)C=NC(c2cccc([N+](=O)[O-])c2)=C(CC(=O)NCc2cc(Cl)ccc2O)C1=O. The van der Waals surface area contributed by atoms with Crippen LogP contribution in [0.25, 0.3) is 5.70 Å². The molecule has 12 heteroatoms. The van der Waals surface area contributed by atoms with Gasteiger partial charge in [0, 0.05) is 34.8 Å². The number of quaternary nitrogens is 1. The monoisotopic (exact) mass is 503 g/mol. The van der Waals surface area contributed by atoms with Gasteiger partial charge in [0.15, 0.2) is 6.54 Å². The van der Waals surface area contributed by atoms with E-state index in [2.05, 4.69) is 10.3 Å². The Kier molecular flexibility index (Phi) is 7.36. The van der Waals surface area contributed by atoms with E-state index in [9.17, 15) is 35.1 Å². The molecule has 0 fully saturated rings. The molecule has 184 valence electrons. The van der Waals surface area contributed by atoms with Crippen LogP contribution in [0.5, 0.6) is 5.75 Å². The fourth-order valence-corrected chi connectivity index (χ4v) is 3.80. The molecule has 0 saturated carbocycles. The highest BCUT2D eigenvalue weighted by molar-refractivity contribution is 6.30. The number of benzene rings is 2. The minimum atomic E-state index is -1.46. The van der Waals surface area contributed by atoms with Crippen LogP contribution < -0.4 is 5.32 Å². The van der Waals surface area contributed by atoms with E-state index in [1.807, 2.05) is 0 Å². The highest BCUT2D eigenvalue weighted by Crippen LogP contribution is 2.32. The van der Waals surface area contributed by atoms with Crippen LogP contribution >= 0.6 is 11.6 Å². The first-order valence-electron chi connectivity index (χ1n) is 10.4. The van der Waals surface area contributed by atoms with Crippen molar-refractivity contribution in [3.63, 3.8) is 0 Å². The third kappa shape index (κ3) is 6.28. The molecule has 2 aromatic carbocycles. The number of non-ortho nitro benzene ring substituents is 1. The number of phenolic OH excluding ortho intramolecular Hbond substituents is 1. The van der Waals surface area contributed by atoms with Crippen LogP contribution in [0.2, 0.25) is 5.02 Å². The zero-order valence-corrected chi connectivity index (χ0v) is 19.7. The van der Waals surface area contributed by atoms with Crippen LogP contribution in [0.15, 0.2) is 53.0 Å². The molecule has 1 heterocycles. The predicted molar refractivity (Wildman–Crippen MR) is 126 cm³/mol. The Morgan fingerprint density at radius 2 is 1.97 bits per heavy atom. The number of halogens is 1. The molecule has 1 unspecified atom stereocenters. The number of carbonyl (C=O) groups is 2. The number of nitrogens with zero attached hydrogens (tertiary/aromatic N) is 3. The Balaban J connectivity index is 1.96. The van der Waals surface area contributed by atoms with Crippen molar-refractivity contribution >= 4 is 41.1 Å². The molecule has 1 atom stereocenters. The number of hydrogen-bond acceptors (Lipinski definition) is 8. The maximum Gasteiger partial charge on any atom is 0.382 e. The van der Waals surface area contributed by atoms with E-state index >= 15 is 0 Å². The molecule has 0 spiro atoms. The van der Waals surface area contributed by atoms with Crippen molar-refractivity contribution in [1.29, 1.82) is 0 Å². The number of aromatic hydroxyl groups is 1. The predicted octanol–water partition coefficient (Wildman–Crippen LogP) is 2.92. The summed E-state index contributed by atoms with van der Waals surface area (Å²) in [5.41, 5.74) is -1.37. The third-order valence-electron chi connectivity index (χ3n) is 5.09. The molecule has 3 rings (SSSR count). The highest BCUT2D eigenvalue weighted by Gasteiger charge is 2.46. The summed E-state index contributed by atoms with van der Waals surface area (Å²) >= 11 is 5.92. The van der Waals surface area contributed by atoms with Crippen molar-refractivity contribution in [1.82, 2.24) is 5.32 Å². The second kappa shape index (κ2) is 9.92. The molecule has 4 N–H and O–H groups in total. The number of nitrogens with one attached hydrogen (secondary N) is 1. The van der Waals surface area contributed by atoms with Crippen LogP contribution in [0.4, 0.5) is 5.69 Å². The molecule has 1 aliphatic rings. The normalized spacial score (nSPS) is 18.0. The standard InChI is InChI=1S/C23H23ClN4O7/c1-23(2,32)12-28(35)13-26-21(14-4-3-5-17(9-14)27(33)34)18(22(28)31)10-20(30)25-11-15-8-16(24)6-7-19(15)29/h3-9,13,32,35H,10-12H2,1-2H3,(H-,25,29,30)/p+1. The maximum atomic E-state index is 13.3. The summed E-state index contributed by atoms with van der Waals surface area (Å²) in [4.78, 5) is 40.8. The molecule has 2 amide bonds. The second-order valence-corrected chi connectivity index (χ2v) is 9.14. The lowest BCUT2D eigenvalue weighted by Gasteiger charge is -2.31. The van der Waals surface area contributed by atoms with E-state index in [1.54, 1.807) is 0 Å². The van der Waals surface area contributed by atoms with Gasteiger partial charge in [0.2, 0.25) is 12.2 Å². The number of nitro benzene ring substituents is 1.